The van der Waals surface area contributed by atoms with Crippen LogP contribution in [0.1, 0.15) is 29.8 Å². The largest absolute Gasteiger partial charge is 0.394 e. The molecule has 4 atom stereocenters. The quantitative estimate of drug-likeness (QED) is 0.543. The molecule has 4 unspecified atom stereocenters. The summed E-state index contributed by atoms with van der Waals surface area (Å²) in [6, 6.07) is 0. The van der Waals surface area contributed by atoms with Crippen LogP contribution in [0.2, 0.25) is 0 Å². The normalized spacial score (nSPS) is 28.3. The SMILES string of the molecule is CC#Cc1[nH]c(=O)c(C)c(F)c1C1OC(CO)C(O)C1O. The Morgan fingerprint density at radius 2 is 2.05 bits per heavy atom. The van der Waals surface area contributed by atoms with Gasteiger partial charge in [0, 0.05) is 0 Å². The highest BCUT2D eigenvalue weighted by molar-refractivity contribution is 5.41. The van der Waals surface area contributed by atoms with E-state index in [1.807, 2.05) is 0 Å². The fourth-order valence-corrected chi connectivity index (χ4v) is 2.31. The maximum Gasteiger partial charge on any atom is 0.254 e. The van der Waals surface area contributed by atoms with Crippen LogP contribution in [0.4, 0.5) is 4.39 Å². The van der Waals surface area contributed by atoms with E-state index in [0.717, 1.165) is 0 Å². The van der Waals surface area contributed by atoms with Crippen LogP contribution >= 0.6 is 0 Å². The van der Waals surface area contributed by atoms with E-state index in [4.69, 9.17) is 9.84 Å². The molecule has 0 radical (unpaired) electrons. The van der Waals surface area contributed by atoms with Gasteiger partial charge < -0.3 is 25.0 Å². The highest BCUT2D eigenvalue weighted by atomic mass is 19.1. The Balaban J connectivity index is 2.60. The zero-order valence-corrected chi connectivity index (χ0v) is 11.6. The average Bonchev–Trinajstić information content (AvgIpc) is 2.73. The second-order valence-corrected chi connectivity index (χ2v) is 4.82. The molecule has 114 valence electrons. The minimum absolute atomic E-state index is 0.0135. The summed E-state index contributed by atoms with van der Waals surface area (Å²) in [6.07, 6.45) is -5.03. The van der Waals surface area contributed by atoms with Gasteiger partial charge in [0.05, 0.1) is 17.7 Å². The van der Waals surface area contributed by atoms with E-state index >= 15 is 0 Å². The number of rotatable bonds is 2. The molecule has 21 heavy (non-hydrogen) atoms. The van der Waals surface area contributed by atoms with Crippen molar-refractivity contribution in [3.8, 4) is 11.8 Å². The van der Waals surface area contributed by atoms with Crippen LogP contribution in [0, 0.1) is 24.6 Å². The number of halogens is 1. The van der Waals surface area contributed by atoms with Gasteiger partial charge in [0.15, 0.2) is 0 Å². The van der Waals surface area contributed by atoms with Gasteiger partial charge in [-0.25, -0.2) is 4.39 Å². The van der Waals surface area contributed by atoms with E-state index in [-0.39, 0.29) is 16.8 Å². The van der Waals surface area contributed by atoms with Gasteiger partial charge in [0.1, 0.15) is 35.9 Å². The van der Waals surface area contributed by atoms with Crippen molar-refractivity contribution in [2.45, 2.75) is 38.3 Å². The summed E-state index contributed by atoms with van der Waals surface area (Å²) in [4.78, 5) is 14.0. The number of aliphatic hydroxyl groups excluding tert-OH is 3. The highest BCUT2D eigenvalue weighted by Crippen LogP contribution is 2.36. The van der Waals surface area contributed by atoms with Gasteiger partial charge in [0.2, 0.25) is 0 Å². The van der Waals surface area contributed by atoms with E-state index in [0.29, 0.717) is 0 Å². The number of nitrogens with one attached hydrogen (secondary N) is 1. The Kier molecular flexibility index (Phi) is 4.44. The first-order chi connectivity index (χ1) is 9.92. The number of H-pyrrole nitrogens is 1. The molecule has 4 N–H and O–H groups in total. The molecule has 7 heteroatoms. The van der Waals surface area contributed by atoms with Crippen LogP contribution in [0.25, 0.3) is 0 Å². The van der Waals surface area contributed by atoms with Gasteiger partial charge in [-0.3, -0.25) is 4.79 Å². The molecule has 1 fully saturated rings. The molecule has 0 amide bonds. The average molecular weight is 297 g/mol. The molecule has 0 spiro atoms. The van der Waals surface area contributed by atoms with Gasteiger partial charge in [-0.05, 0) is 19.8 Å². The second kappa shape index (κ2) is 5.95. The molecule has 2 heterocycles. The van der Waals surface area contributed by atoms with Crippen LogP contribution in [0.3, 0.4) is 0 Å². The van der Waals surface area contributed by atoms with Crippen LogP contribution in [-0.2, 0) is 4.74 Å². The number of aliphatic hydroxyl groups is 3. The molecule has 6 nitrogen and oxygen atoms in total. The molecule has 1 aliphatic heterocycles. The van der Waals surface area contributed by atoms with Crippen LogP contribution < -0.4 is 5.56 Å². The first-order valence-corrected chi connectivity index (χ1v) is 6.39. The molecule has 0 saturated carbocycles. The number of aromatic amines is 1. The fourth-order valence-electron chi connectivity index (χ4n) is 2.31. The molecule has 0 aliphatic carbocycles. The Morgan fingerprint density at radius 3 is 2.57 bits per heavy atom. The Labute approximate surface area is 120 Å². The number of hydrogen-bond donors (Lipinski definition) is 4. The third-order valence-electron chi connectivity index (χ3n) is 3.49. The number of hydrogen-bond acceptors (Lipinski definition) is 5. The topological polar surface area (TPSA) is 103 Å². The molecular weight excluding hydrogens is 281 g/mol. The van der Waals surface area contributed by atoms with Crippen LogP contribution in [-0.4, -0.2) is 45.2 Å². The van der Waals surface area contributed by atoms with Gasteiger partial charge in [-0.1, -0.05) is 5.92 Å². The number of ether oxygens (including phenoxy) is 1. The number of aromatic nitrogens is 1. The van der Waals surface area contributed by atoms with Crippen molar-refractivity contribution < 1.29 is 24.4 Å². The Hall–Kier alpha value is -1.72. The first kappa shape index (κ1) is 15.7. The third kappa shape index (κ3) is 2.59. The van der Waals surface area contributed by atoms with Crippen LogP contribution in [0.15, 0.2) is 4.79 Å². The van der Waals surface area contributed by atoms with Crippen molar-refractivity contribution in [2.24, 2.45) is 0 Å². The summed E-state index contributed by atoms with van der Waals surface area (Å²) >= 11 is 0. The van der Waals surface area contributed by atoms with Crippen LogP contribution in [0.5, 0.6) is 0 Å². The van der Waals surface area contributed by atoms with E-state index in [1.54, 1.807) is 0 Å². The van der Waals surface area contributed by atoms with Crippen molar-refractivity contribution in [3.05, 3.63) is 33.0 Å². The highest BCUT2D eigenvalue weighted by Gasteiger charge is 2.45. The fraction of sp³-hybridized carbons (Fsp3) is 0.500. The van der Waals surface area contributed by atoms with E-state index in [9.17, 15) is 19.4 Å². The zero-order chi connectivity index (χ0) is 15.7. The maximum atomic E-state index is 14.4. The summed E-state index contributed by atoms with van der Waals surface area (Å²) in [7, 11) is 0. The van der Waals surface area contributed by atoms with Crippen molar-refractivity contribution in [1.29, 1.82) is 0 Å². The smallest absolute Gasteiger partial charge is 0.254 e. The van der Waals surface area contributed by atoms with Gasteiger partial charge in [-0.2, -0.15) is 0 Å². The van der Waals surface area contributed by atoms with E-state index in [1.165, 1.54) is 13.8 Å². The predicted octanol–water partition coefficient (Wildman–Crippen LogP) is -0.652. The zero-order valence-electron chi connectivity index (χ0n) is 11.6. The number of pyridine rings is 1. The summed E-state index contributed by atoms with van der Waals surface area (Å²) in [5.74, 6) is 4.25. The van der Waals surface area contributed by atoms with Crippen molar-refractivity contribution in [3.63, 3.8) is 0 Å². The van der Waals surface area contributed by atoms with E-state index < -0.39 is 42.4 Å². The van der Waals surface area contributed by atoms with Gasteiger partial charge in [0.25, 0.3) is 5.56 Å². The second-order valence-electron chi connectivity index (χ2n) is 4.82. The first-order valence-electron chi connectivity index (χ1n) is 6.39. The molecule has 1 aromatic heterocycles. The lowest BCUT2D eigenvalue weighted by Crippen LogP contribution is -2.32. The molecule has 0 bridgehead atoms. The minimum atomic E-state index is -1.43. The molecule has 1 saturated heterocycles. The van der Waals surface area contributed by atoms with Gasteiger partial charge in [-0.15, -0.1) is 0 Å². The minimum Gasteiger partial charge on any atom is -0.394 e. The van der Waals surface area contributed by atoms with E-state index in [2.05, 4.69) is 16.8 Å². The summed E-state index contributed by atoms with van der Waals surface area (Å²) in [5.41, 5.74) is -0.922. The summed E-state index contributed by atoms with van der Waals surface area (Å²) < 4.78 is 19.7. The molecule has 1 aromatic rings. The summed E-state index contributed by atoms with van der Waals surface area (Å²) in [5, 5.41) is 28.8. The monoisotopic (exact) mass is 297 g/mol. The predicted molar refractivity (Wildman–Crippen MR) is 71.0 cm³/mol. The Morgan fingerprint density at radius 1 is 1.38 bits per heavy atom. The molecular formula is C14H16FNO5. The maximum absolute atomic E-state index is 14.4. The molecule has 2 rings (SSSR count). The lowest BCUT2D eigenvalue weighted by molar-refractivity contribution is -0.0239. The van der Waals surface area contributed by atoms with Crippen molar-refractivity contribution in [2.75, 3.05) is 6.61 Å². The summed E-state index contributed by atoms with van der Waals surface area (Å²) in [6.45, 7) is 2.28. The van der Waals surface area contributed by atoms with Crippen molar-refractivity contribution >= 4 is 0 Å². The standard InChI is InChI=1S/C14H16FNO5/c1-3-4-7-9(10(15)6(2)14(20)16-7)13-12(19)11(18)8(5-17)21-13/h8,11-13,17-19H,5H2,1-2H3,(H,16,20). The third-order valence-corrected chi connectivity index (χ3v) is 3.49. The van der Waals surface area contributed by atoms with Crippen molar-refractivity contribution in [1.82, 2.24) is 4.98 Å². The van der Waals surface area contributed by atoms with Gasteiger partial charge >= 0.3 is 0 Å². The molecule has 1 aliphatic rings. The lowest BCUT2D eigenvalue weighted by atomic mass is 9.98. The molecule has 0 aromatic carbocycles. The Bertz CT molecular complexity index is 660. The lowest BCUT2D eigenvalue weighted by Gasteiger charge is -2.18.